The average Bonchev–Trinajstić information content (AvgIpc) is 2.38. The van der Waals surface area contributed by atoms with E-state index in [0.29, 0.717) is 25.6 Å². The van der Waals surface area contributed by atoms with Gasteiger partial charge in [0.2, 0.25) is 5.82 Å². The molecule has 1 unspecified atom stereocenters. The fourth-order valence-electron chi connectivity index (χ4n) is 1.80. The first-order chi connectivity index (χ1) is 8.66. The molecule has 1 fully saturated rings. The Labute approximate surface area is 105 Å². The van der Waals surface area contributed by atoms with Crippen molar-refractivity contribution in [2.45, 2.75) is 13.0 Å². The zero-order chi connectivity index (χ0) is 13.0. The van der Waals surface area contributed by atoms with Crippen molar-refractivity contribution in [3.05, 3.63) is 27.9 Å². The number of hydrogen-bond donors (Lipinski definition) is 2. The topological polar surface area (TPSA) is 89.3 Å². The molecule has 0 radical (unpaired) electrons. The summed E-state index contributed by atoms with van der Waals surface area (Å²) in [6, 6.07) is 1.67. The van der Waals surface area contributed by atoms with Gasteiger partial charge >= 0.3 is 5.69 Å². The maximum absolute atomic E-state index is 10.9. The largest absolute Gasteiger partial charge is 0.378 e. The van der Waals surface area contributed by atoms with Crippen molar-refractivity contribution in [1.29, 1.82) is 0 Å². The van der Waals surface area contributed by atoms with Crippen molar-refractivity contribution in [2.24, 2.45) is 0 Å². The SMILES string of the molecule is Cc1cnc(NCC2COCCN2)c([N+](=O)[O-])c1. The molecular formula is C11H16N4O3. The number of nitro groups is 1. The van der Waals surface area contributed by atoms with E-state index in [4.69, 9.17) is 4.74 Å². The molecule has 7 nitrogen and oxygen atoms in total. The van der Waals surface area contributed by atoms with Crippen LogP contribution in [0.1, 0.15) is 5.56 Å². The second-order valence-electron chi connectivity index (χ2n) is 4.24. The second kappa shape index (κ2) is 5.74. The molecule has 1 aliphatic heterocycles. The van der Waals surface area contributed by atoms with E-state index in [1.807, 2.05) is 0 Å². The average molecular weight is 252 g/mol. The van der Waals surface area contributed by atoms with E-state index in [-0.39, 0.29) is 11.7 Å². The Kier molecular flexibility index (Phi) is 4.06. The number of morpholine rings is 1. The maximum atomic E-state index is 10.9. The van der Waals surface area contributed by atoms with Gasteiger partial charge in [-0.3, -0.25) is 10.1 Å². The quantitative estimate of drug-likeness (QED) is 0.605. The van der Waals surface area contributed by atoms with Gasteiger partial charge in [-0.05, 0) is 12.5 Å². The van der Waals surface area contributed by atoms with E-state index in [1.165, 1.54) is 6.07 Å². The first-order valence-corrected chi connectivity index (χ1v) is 5.83. The lowest BCUT2D eigenvalue weighted by Crippen LogP contribution is -2.45. The molecule has 7 heteroatoms. The van der Waals surface area contributed by atoms with Crippen molar-refractivity contribution < 1.29 is 9.66 Å². The van der Waals surface area contributed by atoms with Crippen molar-refractivity contribution in [1.82, 2.24) is 10.3 Å². The Hall–Kier alpha value is -1.73. The molecule has 2 N–H and O–H groups in total. The Bertz CT molecular complexity index is 432. The molecule has 0 saturated carbocycles. The molecule has 1 aliphatic rings. The number of pyridine rings is 1. The predicted molar refractivity (Wildman–Crippen MR) is 66.7 cm³/mol. The third-order valence-corrected chi connectivity index (χ3v) is 2.72. The summed E-state index contributed by atoms with van der Waals surface area (Å²) in [5.41, 5.74) is 0.776. The number of aromatic nitrogens is 1. The lowest BCUT2D eigenvalue weighted by Gasteiger charge is -2.24. The van der Waals surface area contributed by atoms with Crippen LogP contribution in [0.5, 0.6) is 0 Å². The summed E-state index contributed by atoms with van der Waals surface area (Å²) in [5.74, 6) is 0.304. The van der Waals surface area contributed by atoms with Crippen LogP contribution in [0.3, 0.4) is 0 Å². The summed E-state index contributed by atoms with van der Waals surface area (Å²) >= 11 is 0. The van der Waals surface area contributed by atoms with Crippen LogP contribution >= 0.6 is 0 Å². The van der Waals surface area contributed by atoms with Gasteiger partial charge in [-0.25, -0.2) is 4.98 Å². The fourth-order valence-corrected chi connectivity index (χ4v) is 1.80. The highest BCUT2D eigenvalue weighted by molar-refractivity contribution is 5.56. The molecule has 0 aromatic carbocycles. The van der Waals surface area contributed by atoms with Gasteiger partial charge in [-0.15, -0.1) is 0 Å². The lowest BCUT2D eigenvalue weighted by molar-refractivity contribution is -0.384. The maximum Gasteiger partial charge on any atom is 0.311 e. The summed E-state index contributed by atoms with van der Waals surface area (Å²) < 4.78 is 5.31. The van der Waals surface area contributed by atoms with Crippen LogP contribution in [0.15, 0.2) is 12.3 Å². The molecular weight excluding hydrogens is 236 g/mol. The van der Waals surface area contributed by atoms with Crippen molar-refractivity contribution >= 4 is 11.5 Å². The predicted octanol–water partition coefficient (Wildman–Crippen LogP) is 0.699. The van der Waals surface area contributed by atoms with Gasteiger partial charge in [0.1, 0.15) is 0 Å². The molecule has 2 heterocycles. The number of hydrogen-bond acceptors (Lipinski definition) is 6. The van der Waals surface area contributed by atoms with E-state index in [0.717, 1.165) is 12.1 Å². The van der Waals surface area contributed by atoms with Crippen molar-refractivity contribution in [3.8, 4) is 0 Å². The summed E-state index contributed by atoms with van der Waals surface area (Å²) in [6.07, 6.45) is 1.61. The Morgan fingerprint density at radius 3 is 3.22 bits per heavy atom. The van der Waals surface area contributed by atoms with Crippen molar-refractivity contribution in [3.63, 3.8) is 0 Å². The van der Waals surface area contributed by atoms with Gasteiger partial charge in [0.25, 0.3) is 0 Å². The third kappa shape index (κ3) is 3.14. The molecule has 1 aromatic heterocycles. The van der Waals surface area contributed by atoms with E-state index in [2.05, 4.69) is 15.6 Å². The molecule has 1 aromatic rings. The fraction of sp³-hybridized carbons (Fsp3) is 0.545. The molecule has 0 aliphatic carbocycles. The molecule has 1 atom stereocenters. The highest BCUT2D eigenvalue weighted by Gasteiger charge is 2.18. The molecule has 0 amide bonds. The molecule has 2 rings (SSSR count). The highest BCUT2D eigenvalue weighted by atomic mass is 16.6. The molecule has 0 bridgehead atoms. The Morgan fingerprint density at radius 1 is 1.72 bits per heavy atom. The van der Waals surface area contributed by atoms with E-state index in [9.17, 15) is 10.1 Å². The minimum Gasteiger partial charge on any atom is -0.378 e. The minimum absolute atomic E-state index is 0.00623. The minimum atomic E-state index is -0.423. The zero-order valence-corrected chi connectivity index (χ0v) is 10.2. The normalized spacial score (nSPS) is 19.5. The van der Waals surface area contributed by atoms with Gasteiger partial charge in [0.05, 0.1) is 18.1 Å². The van der Waals surface area contributed by atoms with Crippen LogP contribution in [-0.4, -0.2) is 42.3 Å². The second-order valence-corrected chi connectivity index (χ2v) is 4.24. The zero-order valence-electron chi connectivity index (χ0n) is 10.2. The molecule has 18 heavy (non-hydrogen) atoms. The third-order valence-electron chi connectivity index (χ3n) is 2.72. The summed E-state index contributed by atoms with van der Waals surface area (Å²) in [7, 11) is 0. The number of anilines is 1. The van der Waals surface area contributed by atoms with Crippen molar-refractivity contribution in [2.75, 3.05) is 31.6 Å². The molecule has 1 saturated heterocycles. The van der Waals surface area contributed by atoms with Gasteiger partial charge in [-0.2, -0.15) is 0 Å². The van der Waals surface area contributed by atoms with Crippen LogP contribution in [0.4, 0.5) is 11.5 Å². The van der Waals surface area contributed by atoms with E-state index in [1.54, 1.807) is 13.1 Å². The standard InChI is InChI=1S/C11H16N4O3/c1-8-4-10(15(16)17)11(13-5-8)14-6-9-7-18-3-2-12-9/h4-5,9,12H,2-3,6-7H2,1H3,(H,13,14). The van der Waals surface area contributed by atoms with Crippen LogP contribution in [0.25, 0.3) is 0 Å². The first-order valence-electron chi connectivity index (χ1n) is 5.83. The summed E-state index contributed by atoms with van der Waals surface area (Å²) in [4.78, 5) is 14.5. The number of nitrogens with one attached hydrogen (secondary N) is 2. The summed E-state index contributed by atoms with van der Waals surface area (Å²) in [5, 5.41) is 17.2. The monoisotopic (exact) mass is 252 g/mol. The van der Waals surface area contributed by atoms with Gasteiger partial charge in [0.15, 0.2) is 0 Å². The molecule has 98 valence electrons. The molecule has 0 spiro atoms. The number of rotatable bonds is 4. The first kappa shape index (κ1) is 12.7. The smallest absolute Gasteiger partial charge is 0.311 e. The van der Waals surface area contributed by atoms with Crippen LogP contribution < -0.4 is 10.6 Å². The van der Waals surface area contributed by atoms with Gasteiger partial charge < -0.3 is 15.4 Å². The summed E-state index contributed by atoms with van der Waals surface area (Å²) in [6.45, 7) is 4.44. The van der Waals surface area contributed by atoms with Gasteiger partial charge in [-0.1, -0.05) is 0 Å². The van der Waals surface area contributed by atoms with E-state index >= 15 is 0 Å². The Balaban J connectivity index is 2.01. The number of aryl methyl sites for hydroxylation is 1. The van der Waals surface area contributed by atoms with Gasteiger partial charge in [0, 0.05) is 31.4 Å². The number of ether oxygens (including phenoxy) is 1. The van der Waals surface area contributed by atoms with Crippen LogP contribution in [0.2, 0.25) is 0 Å². The van der Waals surface area contributed by atoms with Crippen LogP contribution in [-0.2, 0) is 4.74 Å². The van der Waals surface area contributed by atoms with E-state index < -0.39 is 4.92 Å². The van der Waals surface area contributed by atoms with Crippen LogP contribution in [0, 0.1) is 17.0 Å². The lowest BCUT2D eigenvalue weighted by atomic mass is 10.2. The number of nitrogens with zero attached hydrogens (tertiary/aromatic N) is 2. The highest BCUT2D eigenvalue weighted by Crippen LogP contribution is 2.22. The Morgan fingerprint density at radius 2 is 2.56 bits per heavy atom.